The third kappa shape index (κ3) is 3.28. The third-order valence-corrected chi connectivity index (χ3v) is 3.54. The van der Waals surface area contributed by atoms with E-state index in [1.54, 1.807) is 9.80 Å². The van der Waals surface area contributed by atoms with Crippen LogP contribution in [0.15, 0.2) is 18.2 Å². The van der Waals surface area contributed by atoms with Crippen LogP contribution in [0, 0.1) is 6.92 Å². The fourth-order valence-electron chi connectivity index (χ4n) is 2.48. The highest BCUT2D eigenvalue weighted by Gasteiger charge is 2.36. The zero-order chi connectivity index (χ0) is 15.6. The van der Waals surface area contributed by atoms with Gasteiger partial charge in [0.15, 0.2) is 0 Å². The van der Waals surface area contributed by atoms with Gasteiger partial charge in [0.25, 0.3) is 0 Å². The minimum Gasteiger partial charge on any atom is -0.394 e. The first kappa shape index (κ1) is 16.0. The molecule has 0 aromatic heterocycles. The quantitative estimate of drug-likeness (QED) is 0.440. The normalized spacial score (nSPS) is 20.6. The number of hydrogen-bond acceptors (Lipinski definition) is 7. The summed E-state index contributed by atoms with van der Waals surface area (Å²) in [7, 11) is 0. The van der Waals surface area contributed by atoms with Crippen molar-refractivity contribution in [2.75, 3.05) is 36.1 Å². The van der Waals surface area contributed by atoms with Crippen molar-refractivity contribution in [3.63, 3.8) is 0 Å². The first-order chi connectivity index (χ1) is 9.97. The molecule has 7 nitrogen and oxygen atoms in total. The Hall–Kier alpha value is -1.38. The van der Waals surface area contributed by atoms with Gasteiger partial charge in [-0.1, -0.05) is 6.07 Å². The standard InChI is InChI=1S/C14H22N2O5/c1-9-2-3-12-13(4-9)16(6-11(20)8-18)14(21)15(12)5-10(19)7-17/h2-4,10-11,14,17-21H,5-8H2,1H3. The highest BCUT2D eigenvalue weighted by atomic mass is 16.3. The molecule has 0 spiro atoms. The maximum absolute atomic E-state index is 10.4. The van der Waals surface area contributed by atoms with Crippen molar-refractivity contribution in [2.24, 2.45) is 0 Å². The molecule has 0 aliphatic carbocycles. The van der Waals surface area contributed by atoms with E-state index >= 15 is 0 Å². The lowest BCUT2D eigenvalue weighted by atomic mass is 10.1. The Balaban J connectivity index is 2.30. The average molecular weight is 298 g/mol. The Labute approximate surface area is 123 Å². The van der Waals surface area contributed by atoms with Crippen molar-refractivity contribution in [3.8, 4) is 0 Å². The van der Waals surface area contributed by atoms with Crippen LogP contribution in [-0.4, -0.2) is 70.4 Å². The molecule has 1 aliphatic rings. The summed E-state index contributed by atoms with van der Waals surface area (Å²) in [5.74, 6) is 0. The van der Waals surface area contributed by atoms with Gasteiger partial charge in [0.05, 0.1) is 49.9 Å². The molecule has 1 heterocycles. The van der Waals surface area contributed by atoms with E-state index in [4.69, 9.17) is 10.2 Å². The zero-order valence-electron chi connectivity index (χ0n) is 11.9. The third-order valence-electron chi connectivity index (χ3n) is 3.54. The number of hydrogen-bond donors (Lipinski definition) is 5. The van der Waals surface area contributed by atoms with Gasteiger partial charge < -0.3 is 35.3 Å². The molecule has 21 heavy (non-hydrogen) atoms. The lowest BCUT2D eigenvalue weighted by molar-refractivity contribution is 0.0729. The van der Waals surface area contributed by atoms with Gasteiger partial charge in [-0.3, -0.25) is 0 Å². The highest BCUT2D eigenvalue weighted by Crippen LogP contribution is 2.39. The van der Waals surface area contributed by atoms with Crippen LogP contribution in [0.5, 0.6) is 0 Å². The van der Waals surface area contributed by atoms with Gasteiger partial charge in [-0.25, -0.2) is 0 Å². The monoisotopic (exact) mass is 298 g/mol. The van der Waals surface area contributed by atoms with E-state index in [2.05, 4.69) is 0 Å². The number of aryl methyl sites for hydroxylation is 1. The first-order valence-electron chi connectivity index (χ1n) is 6.87. The molecular formula is C14H22N2O5. The van der Waals surface area contributed by atoms with Crippen LogP contribution in [0.2, 0.25) is 0 Å². The molecule has 0 fully saturated rings. The number of nitrogens with zero attached hydrogens (tertiary/aromatic N) is 2. The minimum absolute atomic E-state index is 0.0689. The molecule has 3 unspecified atom stereocenters. The maximum atomic E-state index is 10.4. The molecule has 0 saturated heterocycles. The van der Waals surface area contributed by atoms with Gasteiger partial charge in [-0.2, -0.15) is 0 Å². The molecule has 1 aromatic rings. The molecule has 2 rings (SSSR count). The topological polar surface area (TPSA) is 108 Å². The largest absolute Gasteiger partial charge is 0.394 e. The number of aliphatic hydroxyl groups excluding tert-OH is 5. The summed E-state index contributed by atoms with van der Waals surface area (Å²) in [6.45, 7) is 1.26. The van der Waals surface area contributed by atoms with E-state index in [1.165, 1.54) is 0 Å². The predicted molar refractivity (Wildman–Crippen MR) is 78.1 cm³/mol. The van der Waals surface area contributed by atoms with Crippen molar-refractivity contribution in [3.05, 3.63) is 23.8 Å². The van der Waals surface area contributed by atoms with E-state index in [0.717, 1.165) is 11.3 Å². The summed E-state index contributed by atoms with van der Waals surface area (Å²) >= 11 is 0. The van der Waals surface area contributed by atoms with Gasteiger partial charge in [0, 0.05) is 0 Å². The van der Waals surface area contributed by atoms with Gasteiger partial charge >= 0.3 is 0 Å². The Morgan fingerprint density at radius 2 is 1.52 bits per heavy atom. The molecule has 1 aliphatic heterocycles. The van der Waals surface area contributed by atoms with Crippen LogP contribution in [-0.2, 0) is 0 Å². The predicted octanol–water partition coefficient (Wildman–Crippen LogP) is -1.40. The van der Waals surface area contributed by atoms with Crippen molar-refractivity contribution < 1.29 is 25.5 Å². The molecule has 118 valence electrons. The Morgan fingerprint density at radius 3 is 2.05 bits per heavy atom. The lowest BCUT2D eigenvalue weighted by Gasteiger charge is -2.30. The van der Waals surface area contributed by atoms with Gasteiger partial charge in [-0.15, -0.1) is 0 Å². The zero-order valence-corrected chi connectivity index (χ0v) is 11.9. The van der Waals surface area contributed by atoms with Gasteiger partial charge in [0.2, 0.25) is 6.35 Å². The first-order valence-corrected chi connectivity index (χ1v) is 6.87. The van der Waals surface area contributed by atoms with Crippen LogP contribution in [0.3, 0.4) is 0 Å². The van der Waals surface area contributed by atoms with E-state index in [-0.39, 0.29) is 13.1 Å². The SMILES string of the molecule is Cc1ccc2c(c1)N(CC(O)CO)C(O)N2CC(O)CO. The molecule has 0 amide bonds. The highest BCUT2D eigenvalue weighted by molar-refractivity contribution is 5.77. The average Bonchev–Trinajstić information content (AvgIpc) is 2.72. The van der Waals surface area contributed by atoms with Crippen LogP contribution in [0.25, 0.3) is 0 Å². The van der Waals surface area contributed by atoms with Crippen molar-refractivity contribution in [1.29, 1.82) is 0 Å². The van der Waals surface area contributed by atoms with E-state index < -0.39 is 31.8 Å². The van der Waals surface area contributed by atoms with Crippen LogP contribution in [0.4, 0.5) is 11.4 Å². The Kier molecular flexibility index (Phi) is 5.02. The Morgan fingerprint density at radius 1 is 1.00 bits per heavy atom. The maximum Gasteiger partial charge on any atom is 0.208 e. The molecule has 0 bridgehead atoms. The number of β-amino-alcohol motifs (C(OH)–C–C–N with tert-alkyl or cyclic N) is 2. The van der Waals surface area contributed by atoms with Crippen LogP contribution in [0.1, 0.15) is 5.56 Å². The second kappa shape index (κ2) is 6.59. The molecule has 0 saturated carbocycles. The van der Waals surface area contributed by atoms with E-state index in [9.17, 15) is 15.3 Å². The van der Waals surface area contributed by atoms with Crippen molar-refractivity contribution in [1.82, 2.24) is 0 Å². The smallest absolute Gasteiger partial charge is 0.208 e. The lowest BCUT2D eigenvalue weighted by Crippen LogP contribution is -2.49. The van der Waals surface area contributed by atoms with Gasteiger partial charge in [-0.05, 0) is 24.6 Å². The summed E-state index contributed by atoms with van der Waals surface area (Å²) in [6, 6.07) is 5.58. The van der Waals surface area contributed by atoms with Crippen molar-refractivity contribution in [2.45, 2.75) is 25.5 Å². The summed E-state index contributed by atoms with van der Waals surface area (Å²) in [5.41, 5.74) is 2.43. The fourth-order valence-corrected chi connectivity index (χ4v) is 2.48. The molecule has 0 radical (unpaired) electrons. The Bertz CT molecular complexity index is 484. The fraction of sp³-hybridized carbons (Fsp3) is 0.571. The summed E-state index contributed by atoms with van der Waals surface area (Å²) in [6.07, 6.45) is -3.02. The molecule has 5 N–H and O–H groups in total. The molecular weight excluding hydrogens is 276 g/mol. The summed E-state index contributed by atoms with van der Waals surface area (Å²) < 4.78 is 0. The number of aliphatic hydroxyl groups is 5. The molecule has 7 heteroatoms. The van der Waals surface area contributed by atoms with E-state index in [0.29, 0.717) is 5.69 Å². The number of benzene rings is 1. The summed E-state index contributed by atoms with van der Waals surface area (Å²) in [5, 5.41) is 47.6. The molecule has 1 aromatic carbocycles. The molecule has 3 atom stereocenters. The van der Waals surface area contributed by atoms with Gasteiger partial charge in [0.1, 0.15) is 0 Å². The summed E-state index contributed by atoms with van der Waals surface area (Å²) in [4.78, 5) is 3.12. The van der Waals surface area contributed by atoms with Crippen LogP contribution < -0.4 is 9.80 Å². The second-order valence-corrected chi connectivity index (χ2v) is 5.32. The second-order valence-electron chi connectivity index (χ2n) is 5.32. The van der Waals surface area contributed by atoms with Crippen LogP contribution >= 0.6 is 0 Å². The van der Waals surface area contributed by atoms with Crippen molar-refractivity contribution >= 4 is 11.4 Å². The van der Waals surface area contributed by atoms with E-state index in [1.807, 2.05) is 25.1 Å². The number of anilines is 2. The number of rotatable bonds is 6. The minimum atomic E-state index is -1.07. The number of fused-ring (bicyclic) bond motifs is 1.